The Balaban J connectivity index is 1.78. The SMILES string of the molecule is C=C(CCn1cncn1)Nc1cc(CC)ccc1-c1ccccc1. The van der Waals surface area contributed by atoms with E-state index in [2.05, 4.69) is 71.4 Å². The van der Waals surface area contributed by atoms with Crippen LogP contribution in [0.2, 0.25) is 0 Å². The number of nitrogens with zero attached hydrogens (tertiary/aromatic N) is 3. The molecule has 0 aliphatic rings. The number of allylic oxidation sites excluding steroid dienone is 1. The first-order valence-electron chi connectivity index (χ1n) is 8.22. The minimum atomic E-state index is 0.764. The Hall–Kier alpha value is -2.88. The van der Waals surface area contributed by atoms with Crippen LogP contribution in [-0.2, 0) is 13.0 Å². The van der Waals surface area contributed by atoms with E-state index in [0.717, 1.165) is 30.8 Å². The molecule has 0 atom stereocenters. The molecule has 0 fully saturated rings. The highest BCUT2D eigenvalue weighted by molar-refractivity contribution is 5.79. The zero-order chi connectivity index (χ0) is 16.8. The normalized spacial score (nSPS) is 10.5. The third-order valence-corrected chi connectivity index (χ3v) is 4.00. The van der Waals surface area contributed by atoms with Gasteiger partial charge in [-0.25, -0.2) is 4.98 Å². The summed E-state index contributed by atoms with van der Waals surface area (Å²) in [7, 11) is 0. The molecule has 122 valence electrons. The Bertz CT molecular complexity index is 792. The van der Waals surface area contributed by atoms with Crippen molar-refractivity contribution < 1.29 is 0 Å². The number of hydrogen-bond acceptors (Lipinski definition) is 3. The van der Waals surface area contributed by atoms with E-state index >= 15 is 0 Å². The third kappa shape index (κ3) is 3.90. The van der Waals surface area contributed by atoms with Crippen LogP contribution in [0.5, 0.6) is 0 Å². The van der Waals surface area contributed by atoms with Crippen LogP contribution >= 0.6 is 0 Å². The Morgan fingerprint density at radius 2 is 2.00 bits per heavy atom. The van der Waals surface area contributed by atoms with Gasteiger partial charge in [-0.05, 0) is 23.6 Å². The largest absolute Gasteiger partial charge is 0.359 e. The third-order valence-electron chi connectivity index (χ3n) is 4.00. The Labute approximate surface area is 142 Å². The number of rotatable bonds is 7. The Morgan fingerprint density at radius 1 is 1.17 bits per heavy atom. The molecule has 1 aromatic heterocycles. The zero-order valence-electron chi connectivity index (χ0n) is 13.9. The van der Waals surface area contributed by atoms with Crippen LogP contribution < -0.4 is 5.32 Å². The lowest BCUT2D eigenvalue weighted by atomic mass is 10.0. The number of hydrogen-bond donors (Lipinski definition) is 1. The Morgan fingerprint density at radius 3 is 2.71 bits per heavy atom. The molecule has 4 heteroatoms. The van der Waals surface area contributed by atoms with E-state index in [1.165, 1.54) is 16.7 Å². The van der Waals surface area contributed by atoms with E-state index in [0.29, 0.717) is 0 Å². The number of aromatic nitrogens is 3. The molecule has 2 aromatic carbocycles. The second kappa shape index (κ2) is 7.59. The van der Waals surface area contributed by atoms with Gasteiger partial charge in [-0.2, -0.15) is 5.10 Å². The van der Waals surface area contributed by atoms with Crippen molar-refractivity contribution in [2.45, 2.75) is 26.3 Å². The lowest BCUT2D eigenvalue weighted by Crippen LogP contribution is -2.06. The van der Waals surface area contributed by atoms with Gasteiger partial charge in [0, 0.05) is 29.9 Å². The van der Waals surface area contributed by atoms with Gasteiger partial charge in [0.05, 0.1) is 0 Å². The smallest absolute Gasteiger partial charge is 0.137 e. The summed E-state index contributed by atoms with van der Waals surface area (Å²) in [6.07, 6.45) is 5.08. The van der Waals surface area contributed by atoms with E-state index in [1.54, 1.807) is 12.7 Å². The van der Waals surface area contributed by atoms with Crippen LogP contribution in [0, 0.1) is 0 Å². The zero-order valence-corrected chi connectivity index (χ0v) is 13.9. The first-order valence-corrected chi connectivity index (χ1v) is 8.22. The van der Waals surface area contributed by atoms with E-state index in [4.69, 9.17) is 0 Å². The maximum absolute atomic E-state index is 4.17. The number of nitrogens with one attached hydrogen (secondary N) is 1. The van der Waals surface area contributed by atoms with Gasteiger partial charge < -0.3 is 5.32 Å². The summed E-state index contributed by atoms with van der Waals surface area (Å²) in [5.74, 6) is 0. The van der Waals surface area contributed by atoms with Crippen molar-refractivity contribution in [1.82, 2.24) is 14.8 Å². The van der Waals surface area contributed by atoms with Crippen molar-refractivity contribution in [1.29, 1.82) is 0 Å². The minimum absolute atomic E-state index is 0.764. The summed E-state index contributed by atoms with van der Waals surface area (Å²) >= 11 is 0. The van der Waals surface area contributed by atoms with Gasteiger partial charge in [0.25, 0.3) is 0 Å². The molecule has 3 rings (SSSR count). The fraction of sp³-hybridized carbons (Fsp3) is 0.200. The molecular formula is C20H22N4. The minimum Gasteiger partial charge on any atom is -0.359 e. The number of aryl methyl sites for hydroxylation is 2. The molecule has 0 unspecified atom stereocenters. The average Bonchev–Trinajstić information content (AvgIpc) is 3.14. The first-order chi connectivity index (χ1) is 11.8. The highest BCUT2D eigenvalue weighted by atomic mass is 15.3. The standard InChI is InChI=1S/C20H22N4/c1-3-17-9-10-19(18-7-5-4-6-8-18)20(13-17)23-16(2)11-12-24-15-21-14-22-24/h4-10,13-15,23H,2-3,11-12H2,1H3. The molecule has 0 radical (unpaired) electrons. The van der Waals surface area contributed by atoms with Crippen molar-refractivity contribution in [2.75, 3.05) is 5.32 Å². The highest BCUT2D eigenvalue weighted by Crippen LogP contribution is 2.30. The van der Waals surface area contributed by atoms with Crippen LogP contribution in [0.1, 0.15) is 18.9 Å². The summed E-state index contributed by atoms with van der Waals surface area (Å²) in [6.45, 7) is 7.10. The van der Waals surface area contributed by atoms with Crippen molar-refractivity contribution in [3.63, 3.8) is 0 Å². The molecule has 4 nitrogen and oxygen atoms in total. The molecule has 24 heavy (non-hydrogen) atoms. The molecule has 0 bridgehead atoms. The molecule has 1 N–H and O–H groups in total. The van der Waals surface area contributed by atoms with Gasteiger partial charge in [0.1, 0.15) is 12.7 Å². The fourth-order valence-electron chi connectivity index (χ4n) is 2.63. The van der Waals surface area contributed by atoms with Crippen LogP contribution in [0.3, 0.4) is 0 Å². The van der Waals surface area contributed by atoms with Gasteiger partial charge >= 0.3 is 0 Å². The molecule has 1 heterocycles. The molecule has 0 amide bonds. The van der Waals surface area contributed by atoms with Gasteiger partial charge in [-0.15, -0.1) is 0 Å². The lowest BCUT2D eigenvalue weighted by Gasteiger charge is -2.16. The van der Waals surface area contributed by atoms with Crippen molar-refractivity contribution in [3.8, 4) is 11.1 Å². The maximum atomic E-state index is 4.17. The van der Waals surface area contributed by atoms with Gasteiger partial charge in [0.15, 0.2) is 0 Å². The van der Waals surface area contributed by atoms with Crippen LogP contribution in [0.4, 0.5) is 5.69 Å². The highest BCUT2D eigenvalue weighted by Gasteiger charge is 2.07. The van der Waals surface area contributed by atoms with Crippen LogP contribution in [-0.4, -0.2) is 14.8 Å². The van der Waals surface area contributed by atoms with E-state index in [-0.39, 0.29) is 0 Å². The predicted octanol–water partition coefficient (Wildman–Crippen LogP) is 4.52. The van der Waals surface area contributed by atoms with E-state index in [1.807, 2.05) is 10.7 Å². The predicted molar refractivity (Wildman–Crippen MR) is 98.7 cm³/mol. The average molecular weight is 318 g/mol. The number of anilines is 1. The number of benzene rings is 2. The Kier molecular flexibility index (Phi) is 5.06. The van der Waals surface area contributed by atoms with Gasteiger partial charge in [0.2, 0.25) is 0 Å². The summed E-state index contributed by atoms with van der Waals surface area (Å²) < 4.78 is 1.81. The second-order valence-corrected chi connectivity index (χ2v) is 5.74. The van der Waals surface area contributed by atoms with E-state index in [9.17, 15) is 0 Å². The lowest BCUT2D eigenvalue weighted by molar-refractivity contribution is 0.612. The van der Waals surface area contributed by atoms with Crippen molar-refractivity contribution in [3.05, 3.63) is 79.0 Å². The molecule has 0 saturated carbocycles. The van der Waals surface area contributed by atoms with Gasteiger partial charge in [-0.1, -0.05) is 56.0 Å². The molecule has 0 aliphatic heterocycles. The van der Waals surface area contributed by atoms with Gasteiger partial charge in [-0.3, -0.25) is 4.68 Å². The molecule has 3 aromatic rings. The summed E-state index contributed by atoms with van der Waals surface area (Å²) in [4.78, 5) is 3.96. The molecular weight excluding hydrogens is 296 g/mol. The quantitative estimate of drug-likeness (QED) is 0.696. The summed E-state index contributed by atoms with van der Waals surface area (Å²) in [6, 6.07) is 17.0. The first kappa shape index (κ1) is 16.0. The monoisotopic (exact) mass is 318 g/mol. The second-order valence-electron chi connectivity index (χ2n) is 5.74. The molecule has 0 spiro atoms. The summed E-state index contributed by atoms with van der Waals surface area (Å²) in [5.41, 5.74) is 5.77. The van der Waals surface area contributed by atoms with Crippen molar-refractivity contribution >= 4 is 5.69 Å². The summed E-state index contributed by atoms with van der Waals surface area (Å²) in [5, 5.41) is 7.61. The maximum Gasteiger partial charge on any atom is 0.137 e. The van der Waals surface area contributed by atoms with Crippen LogP contribution in [0.25, 0.3) is 11.1 Å². The molecule has 0 aliphatic carbocycles. The molecule has 0 saturated heterocycles. The topological polar surface area (TPSA) is 42.7 Å². The fourth-order valence-corrected chi connectivity index (χ4v) is 2.63. The van der Waals surface area contributed by atoms with Crippen molar-refractivity contribution in [2.24, 2.45) is 0 Å². The van der Waals surface area contributed by atoms with E-state index < -0.39 is 0 Å². The van der Waals surface area contributed by atoms with Crippen LogP contribution in [0.15, 0.2) is 73.5 Å².